The summed E-state index contributed by atoms with van der Waals surface area (Å²) in [5.74, 6) is 0.678. The molecule has 0 spiro atoms. The third-order valence-corrected chi connectivity index (χ3v) is 6.66. The van der Waals surface area contributed by atoms with Crippen molar-refractivity contribution < 1.29 is 26.7 Å². The van der Waals surface area contributed by atoms with Crippen LogP contribution < -0.4 is 14.2 Å². The Balaban J connectivity index is 1.39. The SMILES string of the molecule is O=S(=O)(NCc1cccc(OCc2ccccn2)c1)C1=Cc2ccc(OC(F)F)cc2CC1. The summed E-state index contributed by atoms with van der Waals surface area (Å²) in [6.45, 7) is -2.48. The lowest BCUT2D eigenvalue weighted by Crippen LogP contribution is -2.25. The summed E-state index contributed by atoms with van der Waals surface area (Å²) < 4.78 is 63.3. The molecule has 0 atom stereocenters. The standard InChI is InChI=1S/C24H22F2N2O4S/c25-24(26)32-22-9-7-19-14-23(10-8-18(19)13-22)33(29,30)28-15-17-4-3-6-21(12-17)31-16-20-5-1-2-11-27-20/h1-7,9,11-14,24,28H,8,10,15-16H2. The molecular formula is C24H22F2N2O4S. The minimum Gasteiger partial charge on any atom is -0.487 e. The summed E-state index contributed by atoms with van der Waals surface area (Å²) in [4.78, 5) is 4.46. The van der Waals surface area contributed by atoms with Gasteiger partial charge < -0.3 is 9.47 Å². The van der Waals surface area contributed by atoms with Crippen LogP contribution in [-0.4, -0.2) is 20.0 Å². The highest BCUT2D eigenvalue weighted by Crippen LogP contribution is 2.30. The average molecular weight is 473 g/mol. The third-order valence-electron chi connectivity index (χ3n) is 5.12. The van der Waals surface area contributed by atoms with Crippen molar-refractivity contribution in [2.24, 2.45) is 0 Å². The van der Waals surface area contributed by atoms with E-state index in [2.05, 4.69) is 14.4 Å². The number of nitrogens with one attached hydrogen (secondary N) is 1. The second-order valence-electron chi connectivity index (χ2n) is 7.43. The minimum atomic E-state index is -3.71. The first-order chi connectivity index (χ1) is 15.9. The topological polar surface area (TPSA) is 77.5 Å². The minimum absolute atomic E-state index is 0.0618. The summed E-state index contributed by atoms with van der Waals surface area (Å²) in [5, 5.41) is 0. The van der Waals surface area contributed by atoms with Crippen LogP contribution in [0.5, 0.6) is 11.5 Å². The molecule has 9 heteroatoms. The number of aromatic nitrogens is 1. The van der Waals surface area contributed by atoms with Gasteiger partial charge in [-0.3, -0.25) is 4.98 Å². The van der Waals surface area contributed by atoms with E-state index in [1.54, 1.807) is 36.5 Å². The van der Waals surface area contributed by atoms with Crippen LogP contribution in [0.25, 0.3) is 6.08 Å². The van der Waals surface area contributed by atoms with Gasteiger partial charge in [0, 0.05) is 12.7 Å². The van der Waals surface area contributed by atoms with Crippen molar-refractivity contribution in [3.63, 3.8) is 0 Å². The van der Waals surface area contributed by atoms with E-state index in [9.17, 15) is 17.2 Å². The van der Waals surface area contributed by atoms with E-state index in [-0.39, 0.29) is 23.6 Å². The lowest BCUT2D eigenvalue weighted by atomic mass is 9.97. The van der Waals surface area contributed by atoms with E-state index in [0.717, 1.165) is 16.8 Å². The highest BCUT2D eigenvalue weighted by atomic mass is 32.2. The molecule has 33 heavy (non-hydrogen) atoms. The molecule has 172 valence electrons. The van der Waals surface area contributed by atoms with Gasteiger partial charge in [-0.25, -0.2) is 13.1 Å². The Morgan fingerprint density at radius 3 is 2.67 bits per heavy atom. The van der Waals surface area contributed by atoms with Crippen molar-refractivity contribution >= 4 is 16.1 Å². The number of halogens is 2. The number of nitrogens with zero attached hydrogens (tertiary/aromatic N) is 1. The molecule has 0 unspecified atom stereocenters. The number of rotatable bonds is 9. The molecule has 3 aromatic rings. The zero-order chi connectivity index (χ0) is 23.3. The van der Waals surface area contributed by atoms with Crippen LogP contribution in [0.4, 0.5) is 8.78 Å². The van der Waals surface area contributed by atoms with Gasteiger partial charge in [0.2, 0.25) is 10.0 Å². The van der Waals surface area contributed by atoms with Crippen molar-refractivity contribution in [2.75, 3.05) is 0 Å². The number of alkyl halides is 2. The van der Waals surface area contributed by atoms with Gasteiger partial charge in [0.25, 0.3) is 0 Å². The van der Waals surface area contributed by atoms with Gasteiger partial charge in [-0.15, -0.1) is 0 Å². The first-order valence-electron chi connectivity index (χ1n) is 10.3. The van der Waals surface area contributed by atoms with Crippen LogP contribution >= 0.6 is 0 Å². The van der Waals surface area contributed by atoms with Gasteiger partial charge in [0.1, 0.15) is 18.1 Å². The Morgan fingerprint density at radius 1 is 1.00 bits per heavy atom. The average Bonchev–Trinajstić information content (AvgIpc) is 2.82. The molecule has 1 heterocycles. The molecule has 1 aromatic heterocycles. The van der Waals surface area contributed by atoms with Crippen molar-refractivity contribution in [3.8, 4) is 11.5 Å². The molecule has 0 bridgehead atoms. The molecule has 2 aromatic carbocycles. The second kappa shape index (κ2) is 10.1. The van der Waals surface area contributed by atoms with Crippen molar-refractivity contribution in [1.29, 1.82) is 0 Å². The predicted molar refractivity (Wildman–Crippen MR) is 120 cm³/mol. The molecule has 0 fully saturated rings. The fourth-order valence-electron chi connectivity index (χ4n) is 3.49. The number of hydrogen-bond donors (Lipinski definition) is 1. The number of hydrogen-bond acceptors (Lipinski definition) is 5. The quantitative estimate of drug-likeness (QED) is 0.490. The smallest absolute Gasteiger partial charge is 0.387 e. The van der Waals surface area contributed by atoms with Gasteiger partial charge >= 0.3 is 6.61 Å². The maximum atomic E-state index is 12.8. The predicted octanol–water partition coefficient (Wildman–Crippen LogP) is 4.67. The van der Waals surface area contributed by atoms with Gasteiger partial charge in [0.05, 0.1) is 10.6 Å². The molecule has 1 aliphatic carbocycles. The third kappa shape index (κ3) is 6.15. The van der Waals surface area contributed by atoms with Crippen molar-refractivity contribution in [1.82, 2.24) is 9.71 Å². The maximum absolute atomic E-state index is 12.8. The summed E-state index contributed by atoms with van der Waals surface area (Å²) in [5.41, 5.74) is 2.99. The van der Waals surface area contributed by atoms with Crippen molar-refractivity contribution in [2.45, 2.75) is 32.6 Å². The highest BCUT2D eigenvalue weighted by Gasteiger charge is 2.22. The van der Waals surface area contributed by atoms with E-state index >= 15 is 0 Å². The molecular weight excluding hydrogens is 450 g/mol. The van der Waals surface area contributed by atoms with Crippen LogP contribution in [0.2, 0.25) is 0 Å². The summed E-state index contributed by atoms with van der Waals surface area (Å²) in [6.07, 6.45) is 3.95. The van der Waals surface area contributed by atoms with E-state index in [4.69, 9.17) is 4.74 Å². The summed E-state index contributed by atoms with van der Waals surface area (Å²) in [6, 6.07) is 17.3. The largest absolute Gasteiger partial charge is 0.487 e. The van der Waals surface area contributed by atoms with E-state index in [1.165, 1.54) is 12.1 Å². The Hall–Kier alpha value is -3.30. The zero-order valence-electron chi connectivity index (χ0n) is 17.6. The molecule has 6 nitrogen and oxygen atoms in total. The fourth-order valence-corrected chi connectivity index (χ4v) is 4.68. The monoisotopic (exact) mass is 472 g/mol. The normalized spacial score (nSPS) is 13.4. The Labute approximate surface area is 190 Å². The van der Waals surface area contributed by atoms with Crippen LogP contribution in [-0.2, 0) is 29.6 Å². The molecule has 1 N–H and O–H groups in total. The van der Waals surface area contributed by atoms with E-state index < -0.39 is 16.6 Å². The van der Waals surface area contributed by atoms with Gasteiger partial charge in [0.15, 0.2) is 0 Å². The lowest BCUT2D eigenvalue weighted by molar-refractivity contribution is -0.0498. The van der Waals surface area contributed by atoms with Gasteiger partial charge in [-0.1, -0.05) is 24.3 Å². The molecule has 0 saturated heterocycles. The molecule has 1 aliphatic rings. The lowest BCUT2D eigenvalue weighted by Gasteiger charge is -2.18. The molecule has 0 saturated carbocycles. The van der Waals surface area contributed by atoms with E-state index in [0.29, 0.717) is 24.3 Å². The molecule has 0 aliphatic heterocycles. The Kier molecular flexibility index (Phi) is 7.00. The van der Waals surface area contributed by atoms with E-state index in [1.807, 2.05) is 24.3 Å². The number of allylic oxidation sites excluding steroid dienone is 1. The maximum Gasteiger partial charge on any atom is 0.387 e. The fraction of sp³-hybridized carbons (Fsp3) is 0.208. The molecule has 4 rings (SSSR count). The van der Waals surface area contributed by atoms with Crippen LogP contribution in [0, 0.1) is 0 Å². The van der Waals surface area contributed by atoms with Crippen LogP contribution in [0.15, 0.2) is 71.8 Å². The van der Waals surface area contributed by atoms with Crippen LogP contribution in [0.1, 0.15) is 28.8 Å². The summed E-state index contributed by atoms with van der Waals surface area (Å²) in [7, 11) is -3.71. The number of ether oxygens (including phenoxy) is 2. The number of sulfonamides is 1. The number of pyridine rings is 1. The number of fused-ring (bicyclic) bond motifs is 1. The zero-order valence-corrected chi connectivity index (χ0v) is 18.4. The molecule has 0 amide bonds. The van der Waals surface area contributed by atoms with Crippen molar-refractivity contribution in [3.05, 3.63) is 94.1 Å². The van der Waals surface area contributed by atoms with Crippen LogP contribution in [0.3, 0.4) is 0 Å². The Bertz CT molecular complexity index is 1250. The number of benzene rings is 2. The highest BCUT2D eigenvalue weighted by molar-refractivity contribution is 7.93. The molecule has 0 radical (unpaired) electrons. The number of aryl methyl sites for hydroxylation is 1. The van der Waals surface area contributed by atoms with Gasteiger partial charge in [-0.05, 0) is 72.0 Å². The summed E-state index contributed by atoms with van der Waals surface area (Å²) >= 11 is 0. The van der Waals surface area contributed by atoms with Gasteiger partial charge in [-0.2, -0.15) is 8.78 Å². The first-order valence-corrected chi connectivity index (χ1v) is 11.8. The Morgan fingerprint density at radius 2 is 1.88 bits per heavy atom. The first kappa shape index (κ1) is 22.9. The second-order valence-corrected chi connectivity index (χ2v) is 9.25.